The summed E-state index contributed by atoms with van der Waals surface area (Å²) in [7, 11) is 1.62. The van der Waals surface area contributed by atoms with Crippen LogP contribution in [0.5, 0.6) is 5.75 Å². The molecule has 5 nitrogen and oxygen atoms in total. The molecule has 0 bridgehead atoms. The third-order valence-corrected chi connectivity index (χ3v) is 5.21. The molecule has 1 heterocycles. The second kappa shape index (κ2) is 6.91. The highest BCUT2D eigenvalue weighted by atomic mass is 16.5. The molecule has 1 aliphatic heterocycles. The topological polar surface area (TPSA) is 58.6 Å². The molecule has 0 saturated heterocycles. The van der Waals surface area contributed by atoms with Crippen molar-refractivity contribution >= 4 is 23.1 Å². The van der Waals surface area contributed by atoms with Gasteiger partial charge in [-0.05, 0) is 42.7 Å². The number of nitrogens with zero attached hydrogens (tertiary/aromatic N) is 1. The number of rotatable bonds is 2. The summed E-state index contributed by atoms with van der Waals surface area (Å²) in [5.74, 6) is 0.741. The van der Waals surface area contributed by atoms with E-state index in [1.54, 1.807) is 18.9 Å². The van der Waals surface area contributed by atoms with Crippen LogP contribution in [0.3, 0.4) is 0 Å². The molecule has 1 aliphatic carbocycles. The Balaban J connectivity index is 1.96. The van der Waals surface area contributed by atoms with E-state index in [0.717, 1.165) is 41.2 Å². The Morgan fingerprint density at radius 1 is 1.11 bits per heavy atom. The first-order valence-corrected chi connectivity index (χ1v) is 9.16. The number of hydrogen-bond donors (Lipinski definition) is 1. The van der Waals surface area contributed by atoms with Crippen LogP contribution in [0, 0.1) is 0 Å². The summed E-state index contributed by atoms with van der Waals surface area (Å²) in [4.78, 5) is 27.4. The second-order valence-corrected chi connectivity index (χ2v) is 6.88. The number of fused-ring (bicyclic) bond motifs is 1. The zero-order valence-electron chi connectivity index (χ0n) is 15.5. The first kappa shape index (κ1) is 17.3. The number of anilines is 2. The van der Waals surface area contributed by atoms with E-state index in [1.165, 1.54) is 0 Å². The normalized spacial score (nSPS) is 19.0. The van der Waals surface area contributed by atoms with Crippen LogP contribution in [0.25, 0.3) is 0 Å². The highest BCUT2D eigenvalue weighted by Gasteiger charge is 2.38. The van der Waals surface area contributed by atoms with Gasteiger partial charge in [0.15, 0.2) is 5.78 Å². The average Bonchev–Trinajstić information content (AvgIpc) is 2.83. The third-order valence-electron chi connectivity index (χ3n) is 5.21. The van der Waals surface area contributed by atoms with Crippen LogP contribution in [0.15, 0.2) is 59.8 Å². The Labute approximate surface area is 158 Å². The largest absolute Gasteiger partial charge is 0.497 e. The van der Waals surface area contributed by atoms with Gasteiger partial charge in [0.25, 0.3) is 0 Å². The van der Waals surface area contributed by atoms with E-state index in [4.69, 9.17) is 4.74 Å². The monoisotopic (exact) mass is 362 g/mol. The minimum absolute atomic E-state index is 0.0998. The van der Waals surface area contributed by atoms with Gasteiger partial charge in [-0.3, -0.25) is 14.5 Å². The number of allylic oxidation sites excluding steroid dienone is 1. The fraction of sp³-hybridized carbons (Fsp3) is 0.273. The number of benzene rings is 2. The van der Waals surface area contributed by atoms with Crippen molar-refractivity contribution in [3.05, 3.63) is 65.4 Å². The predicted molar refractivity (Wildman–Crippen MR) is 105 cm³/mol. The molecule has 138 valence electrons. The standard InChI is InChI=1S/C22H22N2O3/c1-14(25)24-19-8-4-3-6-17(19)23-18-7-5-9-20(26)21(18)22(24)15-10-12-16(27-2)13-11-15/h3-4,6,8,10-13,22-23H,5,7,9H2,1-2H3. The predicted octanol–water partition coefficient (Wildman–Crippen LogP) is 4.22. The molecule has 0 aromatic heterocycles. The van der Waals surface area contributed by atoms with Gasteiger partial charge in [0.2, 0.25) is 5.91 Å². The Hall–Kier alpha value is -3.08. The van der Waals surface area contributed by atoms with Gasteiger partial charge in [0, 0.05) is 24.6 Å². The first-order chi connectivity index (χ1) is 13.1. The molecule has 4 rings (SSSR count). The van der Waals surface area contributed by atoms with E-state index in [1.807, 2.05) is 48.5 Å². The second-order valence-electron chi connectivity index (χ2n) is 6.88. The van der Waals surface area contributed by atoms with Gasteiger partial charge in [-0.15, -0.1) is 0 Å². The van der Waals surface area contributed by atoms with Crippen molar-refractivity contribution in [3.8, 4) is 5.75 Å². The summed E-state index contributed by atoms with van der Waals surface area (Å²) in [5.41, 5.74) is 4.15. The van der Waals surface area contributed by atoms with Gasteiger partial charge < -0.3 is 10.1 Å². The van der Waals surface area contributed by atoms with Crippen LogP contribution in [0.2, 0.25) is 0 Å². The van der Waals surface area contributed by atoms with E-state index in [0.29, 0.717) is 12.0 Å². The minimum Gasteiger partial charge on any atom is -0.497 e. The number of ketones is 1. The molecule has 2 aromatic carbocycles. The summed E-state index contributed by atoms with van der Waals surface area (Å²) < 4.78 is 5.27. The summed E-state index contributed by atoms with van der Waals surface area (Å²) in [5, 5.41) is 3.44. The molecular formula is C22H22N2O3. The van der Waals surface area contributed by atoms with E-state index in [9.17, 15) is 9.59 Å². The molecule has 1 N–H and O–H groups in total. The van der Waals surface area contributed by atoms with E-state index < -0.39 is 6.04 Å². The Morgan fingerprint density at radius 2 is 1.85 bits per heavy atom. The van der Waals surface area contributed by atoms with Gasteiger partial charge >= 0.3 is 0 Å². The molecule has 0 spiro atoms. The fourth-order valence-corrected chi connectivity index (χ4v) is 3.98. The van der Waals surface area contributed by atoms with Crippen molar-refractivity contribution < 1.29 is 14.3 Å². The molecular weight excluding hydrogens is 340 g/mol. The number of amides is 1. The molecule has 5 heteroatoms. The maximum atomic E-state index is 12.9. The third kappa shape index (κ3) is 2.99. The van der Waals surface area contributed by atoms with Gasteiger partial charge in [-0.25, -0.2) is 0 Å². The number of ether oxygens (including phenoxy) is 1. The summed E-state index contributed by atoms with van der Waals surface area (Å²) in [6.07, 6.45) is 2.13. The van der Waals surface area contributed by atoms with E-state index in [2.05, 4.69) is 5.32 Å². The zero-order chi connectivity index (χ0) is 19.0. The minimum atomic E-state index is -0.452. The molecule has 0 radical (unpaired) electrons. The van der Waals surface area contributed by atoms with Gasteiger partial charge in [-0.1, -0.05) is 24.3 Å². The number of Topliss-reactive ketones (excluding diaryl/α,β-unsaturated/α-hetero) is 1. The molecule has 2 aliphatic rings. The summed E-state index contributed by atoms with van der Waals surface area (Å²) in [6.45, 7) is 1.55. The van der Waals surface area contributed by atoms with Crippen molar-refractivity contribution in [1.29, 1.82) is 0 Å². The number of para-hydroxylation sites is 2. The Bertz CT molecular complexity index is 931. The van der Waals surface area contributed by atoms with Gasteiger partial charge in [0.1, 0.15) is 5.75 Å². The lowest BCUT2D eigenvalue weighted by Crippen LogP contribution is -2.36. The maximum absolute atomic E-state index is 12.9. The Kier molecular flexibility index (Phi) is 4.44. The molecule has 2 aromatic rings. The number of carbonyl (C=O) groups is 2. The highest BCUT2D eigenvalue weighted by Crippen LogP contribution is 2.44. The van der Waals surface area contributed by atoms with Crippen LogP contribution < -0.4 is 15.0 Å². The molecule has 1 amide bonds. The number of nitrogens with one attached hydrogen (secondary N) is 1. The lowest BCUT2D eigenvalue weighted by Gasteiger charge is -2.33. The van der Waals surface area contributed by atoms with Crippen molar-refractivity contribution in [2.45, 2.75) is 32.2 Å². The number of methoxy groups -OCH3 is 1. The smallest absolute Gasteiger partial charge is 0.224 e. The van der Waals surface area contributed by atoms with E-state index in [-0.39, 0.29) is 11.7 Å². The summed E-state index contributed by atoms with van der Waals surface area (Å²) >= 11 is 0. The highest BCUT2D eigenvalue weighted by molar-refractivity contribution is 6.05. The van der Waals surface area contributed by atoms with Crippen LogP contribution in [-0.2, 0) is 9.59 Å². The lowest BCUT2D eigenvalue weighted by molar-refractivity contribution is -0.117. The molecule has 1 atom stereocenters. The molecule has 0 saturated carbocycles. The van der Waals surface area contributed by atoms with Crippen LogP contribution in [0.4, 0.5) is 11.4 Å². The Morgan fingerprint density at radius 3 is 2.56 bits per heavy atom. The van der Waals surface area contributed by atoms with Crippen molar-refractivity contribution in [3.63, 3.8) is 0 Å². The van der Waals surface area contributed by atoms with Crippen molar-refractivity contribution in [1.82, 2.24) is 0 Å². The van der Waals surface area contributed by atoms with Crippen molar-refractivity contribution in [2.24, 2.45) is 0 Å². The lowest BCUT2D eigenvalue weighted by atomic mass is 9.86. The number of carbonyl (C=O) groups excluding carboxylic acids is 2. The molecule has 27 heavy (non-hydrogen) atoms. The molecule has 0 fully saturated rings. The average molecular weight is 362 g/mol. The van der Waals surface area contributed by atoms with Crippen molar-refractivity contribution in [2.75, 3.05) is 17.3 Å². The summed E-state index contributed by atoms with van der Waals surface area (Å²) in [6, 6.07) is 14.9. The maximum Gasteiger partial charge on any atom is 0.224 e. The SMILES string of the molecule is COc1ccc(C2C3=C(CCCC3=O)Nc3ccccc3N2C(C)=O)cc1. The fourth-order valence-electron chi connectivity index (χ4n) is 3.98. The van der Waals surface area contributed by atoms with Gasteiger partial charge in [-0.2, -0.15) is 0 Å². The van der Waals surface area contributed by atoms with Crippen LogP contribution in [0.1, 0.15) is 37.8 Å². The van der Waals surface area contributed by atoms with E-state index >= 15 is 0 Å². The quantitative estimate of drug-likeness (QED) is 0.869. The zero-order valence-corrected chi connectivity index (χ0v) is 15.5. The van der Waals surface area contributed by atoms with Crippen LogP contribution >= 0.6 is 0 Å². The first-order valence-electron chi connectivity index (χ1n) is 9.16. The molecule has 1 unspecified atom stereocenters. The van der Waals surface area contributed by atoms with Crippen LogP contribution in [-0.4, -0.2) is 18.8 Å². The number of hydrogen-bond acceptors (Lipinski definition) is 4. The van der Waals surface area contributed by atoms with Gasteiger partial charge in [0.05, 0.1) is 24.5 Å².